The number of carbonyl (C=O) groups excluding carboxylic acids is 1. The summed E-state index contributed by atoms with van der Waals surface area (Å²) in [5.41, 5.74) is 2.67. The van der Waals surface area contributed by atoms with Crippen LogP contribution in [-0.2, 0) is 14.8 Å². The fraction of sp³-hybridized carbons (Fsp3) is 0.143. The molecule has 3 rings (SSSR count). The summed E-state index contributed by atoms with van der Waals surface area (Å²) in [6, 6.07) is 14.0. The van der Waals surface area contributed by atoms with E-state index in [1.54, 1.807) is 23.6 Å². The Balaban J connectivity index is 1.61. The predicted octanol–water partition coefficient (Wildman–Crippen LogP) is 4.72. The lowest BCUT2D eigenvalue weighted by molar-refractivity contribution is -0.111. The molecule has 0 fully saturated rings. The minimum Gasteiger partial charge on any atom is -0.323 e. The van der Waals surface area contributed by atoms with E-state index in [0.717, 1.165) is 5.56 Å². The van der Waals surface area contributed by atoms with Crippen LogP contribution >= 0.6 is 11.3 Å². The zero-order valence-electron chi connectivity index (χ0n) is 16.0. The first-order valence-electron chi connectivity index (χ1n) is 8.95. The van der Waals surface area contributed by atoms with E-state index in [0.29, 0.717) is 16.7 Å². The molecule has 2 N–H and O–H groups in total. The topological polar surface area (TPSA) is 88.2 Å². The van der Waals surface area contributed by atoms with Crippen LogP contribution in [0, 0.1) is 0 Å². The summed E-state index contributed by atoms with van der Waals surface area (Å²) in [6.07, 6.45) is 4.70. The standard InChI is InChI=1S/C21H21N3O3S2/c1-15(2)17-6-3-16(4-7-17)5-12-20(25)23-18-8-10-19(11-9-18)29(26,27)24-21-22-13-14-28-21/h3-15H,1-2H3,(H,22,24)(H,23,25). The van der Waals surface area contributed by atoms with Gasteiger partial charge in [-0.25, -0.2) is 13.4 Å². The Bertz CT molecular complexity index is 1090. The average Bonchev–Trinajstić information content (AvgIpc) is 3.19. The Morgan fingerprint density at radius 1 is 1.07 bits per heavy atom. The fourth-order valence-corrected chi connectivity index (χ4v) is 4.30. The summed E-state index contributed by atoms with van der Waals surface area (Å²) in [6.45, 7) is 4.26. The predicted molar refractivity (Wildman–Crippen MR) is 118 cm³/mol. The molecule has 0 aliphatic heterocycles. The molecule has 1 aromatic heterocycles. The monoisotopic (exact) mass is 427 g/mol. The number of anilines is 2. The number of benzene rings is 2. The maximum absolute atomic E-state index is 12.3. The highest BCUT2D eigenvalue weighted by molar-refractivity contribution is 7.93. The van der Waals surface area contributed by atoms with Crippen molar-refractivity contribution in [2.45, 2.75) is 24.7 Å². The molecule has 29 heavy (non-hydrogen) atoms. The number of nitrogens with one attached hydrogen (secondary N) is 2. The van der Waals surface area contributed by atoms with Crippen molar-refractivity contribution >= 4 is 44.2 Å². The molecule has 150 valence electrons. The summed E-state index contributed by atoms with van der Waals surface area (Å²) in [4.78, 5) is 16.1. The van der Waals surface area contributed by atoms with Gasteiger partial charge in [0.05, 0.1) is 4.90 Å². The summed E-state index contributed by atoms with van der Waals surface area (Å²) >= 11 is 1.20. The molecule has 1 amide bonds. The number of thiazole rings is 1. The summed E-state index contributed by atoms with van der Waals surface area (Å²) in [5.74, 6) is 0.161. The van der Waals surface area contributed by atoms with Gasteiger partial charge in [-0.3, -0.25) is 9.52 Å². The zero-order valence-corrected chi connectivity index (χ0v) is 17.6. The third-order valence-corrected chi connectivity index (χ3v) is 6.29. The largest absolute Gasteiger partial charge is 0.323 e. The van der Waals surface area contributed by atoms with Crippen LogP contribution in [0.4, 0.5) is 10.8 Å². The van der Waals surface area contributed by atoms with Crippen molar-refractivity contribution < 1.29 is 13.2 Å². The lowest BCUT2D eigenvalue weighted by atomic mass is 10.0. The molecular formula is C21H21N3O3S2. The number of amides is 1. The second-order valence-electron chi connectivity index (χ2n) is 6.61. The fourth-order valence-electron chi connectivity index (χ4n) is 2.51. The number of hydrogen-bond donors (Lipinski definition) is 2. The van der Waals surface area contributed by atoms with Gasteiger partial charge in [0.2, 0.25) is 5.91 Å². The molecule has 0 aliphatic rings. The van der Waals surface area contributed by atoms with E-state index < -0.39 is 10.0 Å². The molecule has 0 aliphatic carbocycles. The molecule has 0 unspecified atom stereocenters. The Labute approximate surface area is 174 Å². The lowest BCUT2D eigenvalue weighted by Crippen LogP contribution is -2.13. The van der Waals surface area contributed by atoms with Gasteiger partial charge < -0.3 is 5.32 Å². The minimum absolute atomic E-state index is 0.0893. The number of hydrogen-bond acceptors (Lipinski definition) is 5. The van der Waals surface area contributed by atoms with Crippen LogP contribution in [0.5, 0.6) is 0 Å². The second-order valence-corrected chi connectivity index (χ2v) is 9.19. The first kappa shape index (κ1) is 20.8. The van der Waals surface area contributed by atoms with Crippen LogP contribution in [0.1, 0.15) is 30.9 Å². The van der Waals surface area contributed by atoms with Crippen LogP contribution in [-0.4, -0.2) is 19.3 Å². The highest BCUT2D eigenvalue weighted by Gasteiger charge is 2.15. The van der Waals surface area contributed by atoms with Crippen LogP contribution in [0.15, 0.2) is 71.1 Å². The molecule has 3 aromatic rings. The van der Waals surface area contributed by atoms with E-state index in [-0.39, 0.29) is 10.8 Å². The number of sulfonamides is 1. The minimum atomic E-state index is -3.71. The van der Waals surface area contributed by atoms with Gasteiger partial charge in [-0.1, -0.05) is 38.1 Å². The van der Waals surface area contributed by atoms with E-state index in [9.17, 15) is 13.2 Å². The number of rotatable bonds is 7. The van der Waals surface area contributed by atoms with Gasteiger partial charge >= 0.3 is 0 Å². The Morgan fingerprint density at radius 2 is 1.76 bits per heavy atom. The van der Waals surface area contributed by atoms with Crippen LogP contribution < -0.4 is 10.0 Å². The van der Waals surface area contributed by atoms with E-state index in [1.807, 2.05) is 24.3 Å². The van der Waals surface area contributed by atoms with Crippen LogP contribution in [0.3, 0.4) is 0 Å². The van der Waals surface area contributed by atoms with Gasteiger partial charge in [0.25, 0.3) is 10.0 Å². The first-order valence-corrected chi connectivity index (χ1v) is 11.3. The van der Waals surface area contributed by atoms with Crippen molar-refractivity contribution in [1.29, 1.82) is 0 Å². The lowest BCUT2D eigenvalue weighted by Gasteiger charge is -2.07. The summed E-state index contributed by atoms with van der Waals surface area (Å²) in [5, 5.41) is 4.70. The summed E-state index contributed by atoms with van der Waals surface area (Å²) < 4.78 is 27.0. The smallest absolute Gasteiger partial charge is 0.263 e. The van der Waals surface area contributed by atoms with Gasteiger partial charge in [0.1, 0.15) is 0 Å². The molecule has 0 radical (unpaired) electrons. The van der Waals surface area contributed by atoms with E-state index >= 15 is 0 Å². The van der Waals surface area contributed by atoms with Gasteiger partial charge in [0, 0.05) is 23.3 Å². The van der Waals surface area contributed by atoms with Crippen molar-refractivity contribution in [2.75, 3.05) is 10.0 Å². The van der Waals surface area contributed by atoms with Crippen LogP contribution in [0.25, 0.3) is 6.08 Å². The third-order valence-electron chi connectivity index (χ3n) is 4.12. The number of nitrogens with zero attached hydrogens (tertiary/aromatic N) is 1. The summed E-state index contributed by atoms with van der Waals surface area (Å²) in [7, 11) is -3.71. The zero-order chi connectivity index (χ0) is 20.9. The SMILES string of the molecule is CC(C)c1ccc(C=CC(=O)Nc2ccc(S(=O)(=O)Nc3nccs3)cc2)cc1. The van der Waals surface area contributed by atoms with Gasteiger partial charge in [-0.05, 0) is 47.4 Å². The molecule has 8 heteroatoms. The van der Waals surface area contributed by atoms with E-state index in [2.05, 4.69) is 28.9 Å². The molecule has 1 heterocycles. The molecule has 0 saturated heterocycles. The molecule has 0 saturated carbocycles. The van der Waals surface area contributed by atoms with E-state index in [4.69, 9.17) is 0 Å². The highest BCUT2D eigenvalue weighted by atomic mass is 32.2. The second kappa shape index (κ2) is 9.02. The molecule has 0 bridgehead atoms. The normalized spacial score (nSPS) is 11.7. The van der Waals surface area contributed by atoms with Crippen molar-refractivity contribution in [3.05, 3.63) is 77.3 Å². The third kappa shape index (κ3) is 5.75. The maximum Gasteiger partial charge on any atom is 0.263 e. The molecule has 0 spiro atoms. The van der Waals surface area contributed by atoms with E-state index in [1.165, 1.54) is 41.3 Å². The molecule has 6 nitrogen and oxygen atoms in total. The first-order chi connectivity index (χ1) is 13.8. The van der Waals surface area contributed by atoms with Gasteiger partial charge in [-0.2, -0.15) is 0 Å². The molecule has 2 aromatic carbocycles. The van der Waals surface area contributed by atoms with Gasteiger partial charge in [-0.15, -0.1) is 11.3 Å². The quantitative estimate of drug-likeness (QED) is 0.534. The Kier molecular flexibility index (Phi) is 6.46. The molecular weight excluding hydrogens is 406 g/mol. The highest BCUT2D eigenvalue weighted by Crippen LogP contribution is 2.20. The van der Waals surface area contributed by atoms with Gasteiger partial charge in [0.15, 0.2) is 5.13 Å². The van der Waals surface area contributed by atoms with Crippen LogP contribution in [0.2, 0.25) is 0 Å². The number of aromatic nitrogens is 1. The number of carbonyl (C=O) groups is 1. The van der Waals surface area contributed by atoms with Crippen molar-refractivity contribution in [3.8, 4) is 0 Å². The maximum atomic E-state index is 12.3. The Morgan fingerprint density at radius 3 is 2.34 bits per heavy atom. The van der Waals surface area contributed by atoms with Crippen molar-refractivity contribution in [1.82, 2.24) is 4.98 Å². The average molecular weight is 428 g/mol. The Hall–Kier alpha value is -2.97. The van der Waals surface area contributed by atoms with Crippen molar-refractivity contribution in [2.24, 2.45) is 0 Å². The molecule has 0 atom stereocenters. The van der Waals surface area contributed by atoms with Crippen molar-refractivity contribution in [3.63, 3.8) is 0 Å².